The predicted molar refractivity (Wildman–Crippen MR) is 73.2 cm³/mol. The van der Waals surface area contributed by atoms with E-state index in [1.165, 1.54) is 6.33 Å². The van der Waals surface area contributed by atoms with Crippen molar-refractivity contribution in [2.45, 2.75) is 19.4 Å². The van der Waals surface area contributed by atoms with Crippen LogP contribution < -0.4 is 5.32 Å². The number of aromatic nitrogens is 4. The zero-order chi connectivity index (χ0) is 14.0. The van der Waals surface area contributed by atoms with Crippen LogP contribution in [0.2, 0.25) is 0 Å². The molecule has 0 bridgehead atoms. The number of hydrogen-bond donors (Lipinski definition) is 2. The van der Waals surface area contributed by atoms with Gasteiger partial charge in [0.25, 0.3) is 5.78 Å². The van der Waals surface area contributed by atoms with Crippen molar-refractivity contribution in [3.63, 3.8) is 0 Å². The summed E-state index contributed by atoms with van der Waals surface area (Å²) >= 11 is 0. The lowest BCUT2D eigenvalue weighted by atomic mass is 10.1. The number of aliphatic hydroxyl groups is 1. The highest BCUT2D eigenvalue weighted by Gasteiger charge is 2.21. The lowest BCUT2D eigenvalue weighted by Crippen LogP contribution is -2.43. The Morgan fingerprint density at radius 2 is 2.21 bits per heavy atom. The zero-order valence-corrected chi connectivity index (χ0v) is 11.8. The van der Waals surface area contributed by atoms with Crippen LogP contribution in [0.4, 0.5) is 5.82 Å². The molecule has 7 heteroatoms. The fraction of sp³-hybridized carbons (Fsp3) is 0.583. The summed E-state index contributed by atoms with van der Waals surface area (Å²) in [4.78, 5) is 10.3. The quantitative estimate of drug-likeness (QED) is 0.801. The molecule has 1 unspecified atom stereocenters. The topological polar surface area (TPSA) is 78.6 Å². The molecule has 19 heavy (non-hydrogen) atoms. The van der Waals surface area contributed by atoms with E-state index in [0.717, 1.165) is 11.5 Å². The smallest absolute Gasteiger partial charge is 0.254 e. The number of nitrogens with zero attached hydrogens (tertiary/aromatic N) is 5. The normalized spacial score (nSPS) is 14.8. The molecule has 0 saturated carbocycles. The molecule has 104 valence electrons. The molecule has 0 amide bonds. The number of anilines is 1. The predicted octanol–water partition coefficient (Wildman–Crippen LogP) is 0.157. The van der Waals surface area contributed by atoms with Gasteiger partial charge in [-0.25, -0.2) is 4.98 Å². The first-order chi connectivity index (χ1) is 8.87. The number of hydrogen-bond acceptors (Lipinski definition) is 6. The van der Waals surface area contributed by atoms with Gasteiger partial charge in [-0.15, -0.1) is 0 Å². The van der Waals surface area contributed by atoms with Crippen molar-refractivity contribution in [2.75, 3.05) is 32.5 Å². The minimum atomic E-state index is -0.826. The van der Waals surface area contributed by atoms with E-state index in [0.29, 0.717) is 18.9 Å². The number of aryl methyl sites for hydroxylation is 1. The SMILES string of the molecule is Cc1cc(NCC(C)(O)CN(C)C)n2ncnc2n1. The molecule has 7 nitrogen and oxygen atoms in total. The molecule has 0 radical (unpaired) electrons. The Balaban J connectivity index is 2.15. The largest absolute Gasteiger partial charge is 0.387 e. The third-order valence-corrected chi connectivity index (χ3v) is 2.69. The molecule has 0 aliphatic carbocycles. The Labute approximate surface area is 112 Å². The number of likely N-dealkylation sites (N-methyl/N-ethyl adjacent to an activating group) is 1. The van der Waals surface area contributed by atoms with Gasteiger partial charge < -0.3 is 15.3 Å². The van der Waals surface area contributed by atoms with Gasteiger partial charge in [0.2, 0.25) is 0 Å². The van der Waals surface area contributed by atoms with Crippen LogP contribution in [0.5, 0.6) is 0 Å². The summed E-state index contributed by atoms with van der Waals surface area (Å²) in [7, 11) is 3.86. The molecule has 2 N–H and O–H groups in total. The van der Waals surface area contributed by atoms with E-state index in [2.05, 4.69) is 20.4 Å². The second-order valence-electron chi connectivity index (χ2n) is 5.34. The summed E-state index contributed by atoms with van der Waals surface area (Å²) in [5.41, 5.74) is 0.0309. The highest BCUT2D eigenvalue weighted by Crippen LogP contribution is 2.12. The molecule has 0 saturated heterocycles. The van der Waals surface area contributed by atoms with Gasteiger partial charge in [-0.2, -0.15) is 14.6 Å². The van der Waals surface area contributed by atoms with Gasteiger partial charge in [0, 0.05) is 24.8 Å². The minimum Gasteiger partial charge on any atom is -0.387 e. The van der Waals surface area contributed by atoms with Crippen molar-refractivity contribution < 1.29 is 5.11 Å². The first-order valence-corrected chi connectivity index (χ1v) is 6.16. The summed E-state index contributed by atoms with van der Waals surface area (Å²) < 4.78 is 1.62. The summed E-state index contributed by atoms with van der Waals surface area (Å²) in [6.07, 6.45) is 1.46. The highest BCUT2D eigenvalue weighted by atomic mass is 16.3. The summed E-state index contributed by atoms with van der Waals surface area (Å²) in [5.74, 6) is 1.33. The molecule has 1 atom stereocenters. The summed E-state index contributed by atoms with van der Waals surface area (Å²) in [5, 5.41) is 17.6. The van der Waals surface area contributed by atoms with Crippen LogP contribution in [0.25, 0.3) is 5.78 Å². The Kier molecular flexibility index (Phi) is 3.68. The molecule has 2 aromatic heterocycles. The van der Waals surface area contributed by atoms with E-state index in [-0.39, 0.29) is 0 Å². The van der Waals surface area contributed by atoms with Gasteiger partial charge in [0.05, 0.1) is 5.60 Å². The average molecular weight is 264 g/mol. The molecular formula is C12H20N6O. The van der Waals surface area contributed by atoms with Gasteiger partial charge in [-0.05, 0) is 27.9 Å². The van der Waals surface area contributed by atoms with Gasteiger partial charge in [0.15, 0.2) is 0 Å². The Bertz CT molecular complexity index is 562. The van der Waals surface area contributed by atoms with Crippen LogP contribution >= 0.6 is 0 Å². The first kappa shape index (κ1) is 13.7. The molecule has 0 spiro atoms. The van der Waals surface area contributed by atoms with Crippen molar-refractivity contribution in [1.82, 2.24) is 24.5 Å². The fourth-order valence-electron chi connectivity index (χ4n) is 2.07. The van der Waals surface area contributed by atoms with Crippen molar-refractivity contribution in [3.05, 3.63) is 18.1 Å². The van der Waals surface area contributed by atoms with Crippen LogP contribution in [0.15, 0.2) is 12.4 Å². The standard InChI is InChI=1S/C12H20N6O/c1-9-5-10(18-11(16-9)14-8-15-18)13-6-12(2,19)7-17(3)4/h5,8,13,19H,6-7H2,1-4H3. The van der Waals surface area contributed by atoms with E-state index in [9.17, 15) is 5.11 Å². The molecule has 2 heterocycles. The Morgan fingerprint density at radius 3 is 2.89 bits per heavy atom. The monoisotopic (exact) mass is 264 g/mol. The number of nitrogens with one attached hydrogen (secondary N) is 1. The molecule has 0 fully saturated rings. The van der Waals surface area contributed by atoms with Crippen molar-refractivity contribution in [2.24, 2.45) is 0 Å². The average Bonchev–Trinajstić information content (AvgIpc) is 2.71. The van der Waals surface area contributed by atoms with Crippen LogP contribution in [-0.4, -0.2) is 62.4 Å². The van der Waals surface area contributed by atoms with Gasteiger partial charge >= 0.3 is 0 Å². The Hall–Kier alpha value is -1.73. The van der Waals surface area contributed by atoms with E-state index in [1.54, 1.807) is 11.4 Å². The van der Waals surface area contributed by atoms with Crippen molar-refractivity contribution >= 4 is 11.6 Å². The Morgan fingerprint density at radius 1 is 1.47 bits per heavy atom. The lowest BCUT2D eigenvalue weighted by molar-refractivity contribution is 0.0458. The highest BCUT2D eigenvalue weighted by molar-refractivity contribution is 5.44. The van der Waals surface area contributed by atoms with Gasteiger partial charge in [-0.3, -0.25) is 0 Å². The van der Waals surface area contributed by atoms with Gasteiger partial charge in [-0.1, -0.05) is 0 Å². The maximum Gasteiger partial charge on any atom is 0.254 e. The van der Waals surface area contributed by atoms with Crippen molar-refractivity contribution in [3.8, 4) is 0 Å². The van der Waals surface area contributed by atoms with Gasteiger partial charge in [0.1, 0.15) is 12.1 Å². The summed E-state index contributed by atoms with van der Waals surface area (Å²) in [6.45, 7) is 4.69. The van der Waals surface area contributed by atoms with E-state index in [4.69, 9.17) is 0 Å². The third-order valence-electron chi connectivity index (χ3n) is 2.69. The summed E-state index contributed by atoms with van der Waals surface area (Å²) in [6, 6.07) is 1.88. The molecule has 2 aromatic rings. The zero-order valence-electron chi connectivity index (χ0n) is 11.8. The molecule has 0 aliphatic heterocycles. The van der Waals surface area contributed by atoms with Crippen molar-refractivity contribution in [1.29, 1.82) is 0 Å². The molecule has 2 rings (SSSR count). The molecular weight excluding hydrogens is 244 g/mol. The lowest BCUT2D eigenvalue weighted by Gasteiger charge is -2.27. The second-order valence-corrected chi connectivity index (χ2v) is 5.34. The first-order valence-electron chi connectivity index (χ1n) is 6.16. The molecule has 0 aliphatic rings. The minimum absolute atomic E-state index is 0.420. The van der Waals surface area contributed by atoms with Crippen LogP contribution in [-0.2, 0) is 0 Å². The van der Waals surface area contributed by atoms with Crippen LogP contribution in [0.3, 0.4) is 0 Å². The fourth-order valence-corrected chi connectivity index (χ4v) is 2.07. The maximum absolute atomic E-state index is 10.3. The molecule has 0 aromatic carbocycles. The second kappa shape index (κ2) is 5.10. The van der Waals surface area contributed by atoms with E-state index in [1.807, 2.05) is 32.0 Å². The number of rotatable bonds is 5. The third kappa shape index (κ3) is 3.39. The maximum atomic E-state index is 10.3. The van der Waals surface area contributed by atoms with E-state index < -0.39 is 5.60 Å². The van der Waals surface area contributed by atoms with E-state index >= 15 is 0 Å². The number of fused-ring (bicyclic) bond motifs is 1. The van der Waals surface area contributed by atoms with Crippen LogP contribution in [0.1, 0.15) is 12.6 Å². The van der Waals surface area contributed by atoms with Crippen LogP contribution in [0, 0.1) is 6.92 Å².